The van der Waals surface area contributed by atoms with E-state index in [9.17, 15) is 0 Å². The molecule has 1 aromatic heterocycles. The average molecular weight is 353 g/mol. The topological polar surface area (TPSA) is 62.3 Å². The maximum atomic E-state index is 5.64. The number of anilines is 2. The van der Waals surface area contributed by atoms with Crippen LogP contribution in [-0.2, 0) is 4.74 Å². The molecular weight excluding hydrogens is 326 g/mol. The Morgan fingerprint density at radius 1 is 1.31 bits per heavy atom. The zero-order valence-corrected chi connectivity index (χ0v) is 15.3. The average Bonchev–Trinajstić information content (AvgIpc) is 3.01. The number of methoxy groups -OCH3 is 1. The zero-order valence-electron chi connectivity index (χ0n) is 15.3. The van der Waals surface area contributed by atoms with E-state index in [4.69, 9.17) is 4.74 Å². The molecule has 0 spiro atoms. The Balaban J connectivity index is 1.47. The van der Waals surface area contributed by atoms with Gasteiger partial charge in [-0.3, -0.25) is 0 Å². The van der Waals surface area contributed by atoms with Crippen LogP contribution in [0, 0.1) is 0 Å². The molecule has 1 unspecified atom stereocenters. The Hall–Kier alpha value is -2.18. The summed E-state index contributed by atoms with van der Waals surface area (Å²) >= 11 is 0. The van der Waals surface area contributed by atoms with Crippen LogP contribution in [0.1, 0.15) is 30.9 Å². The van der Waals surface area contributed by atoms with E-state index in [1.165, 1.54) is 17.7 Å². The van der Waals surface area contributed by atoms with Crippen LogP contribution in [0.5, 0.6) is 0 Å². The predicted molar refractivity (Wildman–Crippen MR) is 103 cm³/mol. The number of rotatable bonds is 5. The summed E-state index contributed by atoms with van der Waals surface area (Å²) in [5, 5.41) is 7.37. The van der Waals surface area contributed by atoms with Crippen molar-refractivity contribution >= 4 is 11.5 Å². The Bertz CT molecular complexity index is 710. The van der Waals surface area contributed by atoms with Crippen molar-refractivity contribution in [2.24, 2.45) is 0 Å². The van der Waals surface area contributed by atoms with Crippen molar-refractivity contribution in [2.45, 2.75) is 37.5 Å². The first kappa shape index (κ1) is 17.2. The lowest BCUT2D eigenvalue weighted by molar-refractivity contribution is 0.118. The molecule has 1 aromatic carbocycles. The van der Waals surface area contributed by atoms with Crippen LogP contribution in [0.15, 0.2) is 42.9 Å². The van der Waals surface area contributed by atoms with E-state index in [1.54, 1.807) is 19.6 Å². The molecule has 3 heterocycles. The summed E-state index contributed by atoms with van der Waals surface area (Å²) in [6.45, 7) is 2.84. The fraction of sp³-hybridized carbons (Fsp3) is 0.500. The first-order valence-electron chi connectivity index (χ1n) is 9.47. The monoisotopic (exact) mass is 353 g/mol. The molecule has 3 atom stereocenters. The standard InChI is InChI=1S/C20H27N5O/c1-26-16-11-15(25(13-16)20-8-10-21-14-24-20)12-23-19-7-4-9-22-18-6-3-2-5-17(18)19/h2-3,5-6,8,10,14-16,19,22-23H,4,7,9,11-13H2,1H3/t15-,16-,19?/m1/s1. The van der Waals surface area contributed by atoms with Crippen LogP contribution < -0.4 is 15.5 Å². The Morgan fingerprint density at radius 2 is 2.23 bits per heavy atom. The van der Waals surface area contributed by atoms with E-state index in [-0.39, 0.29) is 6.10 Å². The van der Waals surface area contributed by atoms with Gasteiger partial charge in [0, 0.05) is 50.7 Å². The van der Waals surface area contributed by atoms with E-state index in [2.05, 4.69) is 49.8 Å². The van der Waals surface area contributed by atoms with Crippen LogP contribution >= 0.6 is 0 Å². The van der Waals surface area contributed by atoms with E-state index >= 15 is 0 Å². The second kappa shape index (κ2) is 8.01. The van der Waals surface area contributed by atoms with E-state index in [1.807, 2.05) is 6.07 Å². The van der Waals surface area contributed by atoms with Gasteiger partial charge in [0.25, 0.3) is 0 Å². The first-order chi connectivity index (χ1) is 12.8. The summed E-state index contributed by atoms with van der Waals surface area (Å²) in [7, 11) is 1.80. The minimum absolute atomic E-state index is 0.250. The number of fused-ring (bicyclic) bond motifs is 1. The Labute approximate surface area is 155 Å². The molecule has 2 N–H and O–H groups in total. The van der Waals surface area contributed by atoms with Crippen LogP contribution in [0.2, 0.25) is 0 Å². The molecular formula is C20H27N5O. The summed E-state index contributed by atoms with van der Waals surface area (Å²) < 4.78 is 5.64. The summed E-state index contributed by atoms with van der Waals surface area (Å²) in [6.07, 6.45) is 7.01. The molecule has 138 valence electrons. The van der Waals surface area contributed by atoms with Crippen molar-refractivity contribution in [3.8, 4) is 0 Å². The molecule has 6 heteroatoms. The zero-order chi connectivity index (χ0) is 17.8. The van der Waals surface area contributed by atoms with Gasteiger partial charge >= 0.3 is 0 Å². The molecule has 2 aromatic rings. The van der Waals surface area contributed by atoms with Crippen LogP contribution in [0.25, 0.3) is 0 Å². The van der Waals surface area contributed by atoms with Gasteiger partial charge in [-0.25, -0.2) is 9.97 Å². The lowest BCUT2D eigenvalue weighted by Crippen LogP contribution is -2.39. The highest BCUT2D eigenvalue weighted by molar-refractivity contribution is 5.53. The minimum atomic E-state index is 0.250. The third-order valence-electron chi connectivity index (χ3n) is 5.49. The van der Waals surface area contributed by atoms with Crippen molar-refractivity contribution in [2.75, 3.05) is 37.0 Å². The highest BCUT2D eigenvalue weighted by Gasteiger charge is 2.33. The van der Waals surface area contributed by atoms with Crippen LogP contribution in [0.4, 0.5) is 11.5 Å². The number of hydrogen-bond donors (Lipinski definition) is 2. The van der Waals surface area contributed by atoms with Gasteiger partial charge in [0.05, 0.1) is 6.10 Å². The fourth-order valence-electron chi connectivity index (χ4n) is 4.11. The van der Waals surface area contributed by atoms with Gasteiger partial charge in [-0.1, -0.05) is 18.2 Å². The summed E-state index contributed by atoms with van der Waals surface area (Å²) in [5.41, 5.74) is 2.64. The maximum Gasteiger partial charge on any atom is 0.132 e. The molecule has 2 aliphatic heterocycles. The summed E-state index contributed by atoms with van der Waals surface area (Å²) in [6, 6.07) is 11.4. The molecule has 0 aliphatic carbocycles. The number of aromatic nitrogens is 2. The number of ether oxygens (including phenoxy) is 1. The number of hydrogen-bond acceptors (Lipinski definition) is 6. The van der Waals surface area contributed by atoms with Crippen molar-refractivity contribution in [1.82, 2.24) is 15.3 Å². The Morgan fingerprint density at radius 3 is 3.08 bits per heavy atom. The number of benzene rings is 1. The highest BCUT2D eigenvalue weighted by atomic mass is 16.5. The predicted octanol–water partition coefficient (Wildman–Crippen LogP) is 2.61. The normalized spacial score (nSPS) is 25.4. The first-order valence-corrected chi connectivity index (χ1v) is 9.47. The van der Waals surface area contributed by atoms with Crippen molar-refractivity contribution < 1.29 is 4.74 Å². The number of para-hydroxylation sites is 1. The van der Waals surface area contributed by atoms with E-state index in [0.29, 0.717) is 12.1 Å². The third-order valence-corrected chi connectivity index (χ3v) is 5.49. The summed E-state index contributed by atoms with van der Waals surface area (Å²) in [4.78, 5) is 10.8. The maximum absolute atomic E-state index is 5.64. The van der Waals surface area contributed by atoms with E-state index in [0.717, 1.165) is 38.3 Å². The molecule has 0 bridgehead atoms. The smallest absolute Gasteiger partial charge is 0.132 e. The van der Waals surface area contributed by atoms with E-state index < -0.39 is 0 Å². The quantitative estimate of drug-likeness (QED) is 0.862. The minimum Gasteiger partial charge on any atom is -0.385 e. The molecule has 0 radical (unpaired) electrons. The molecule has 1 fully saturated rings. The van der Waals surface area contributed by atoms with Crippen molar-refractivity contribution in [1.29, 1.82) is 0 Å². The van der Waals surface area contributed by atoms with Gasteiger partial charge in [-0.15, -0.1) is 0 Å². The van der Waals surface area contributed by atoms with Crippen molar-refractivity contribution in [3.63, 3.8) is 0 Å². The lowest BCUT2D eigenvalue weighted by atomic mass is 10.0. The molecule has 2 aliphatic rings. The van der Waals surface area contributed by atoms with Gasteiger partial charge < -0.3 is 20.3 Å². The fourth-order valence-corrected chi connectivity index (χ4v) is 4.11. The number of nitrogens with one attached hydrogen (secondary N) is 2. The SMILES string of the molecule is CO[C@@H]1C[C@H](CNC2CCCNc3ccccc32)N(c2ccncn2)C1. The van der Waals surface area contributed by atoms with Gasteiger partial charge in [0.2, 0.25) is 0 Å². The van der Waals surface area contributed by atoms with Gasteiger partial charge in [-0.05, 0) is 37.0 Å². The van der Waals surface area contributed by atoms with Gasteiger partial charge in [-0.2, -0.15) is 0 Å². The third kappa shape index (κ3) is 3.66. The lowest BCUT2D eigenvalue weighted by Gasteiger charge is -2.28. The molecule has 6 nitrogen and oxygen atoms in total. The Kier molecular flexibility index (Phi) is 5.32. The van der Waals surface area contributed by atoms with Crippen LogP contribution in [0.3, 0.4) is 0 Å². The second-order valence-corrected chi connectivity index (χ2v) is 7.08. The van der Waals surface area contributed by atoms with Crippen LogP contribution in [-0.4, -0.2) is 48.9 Å². The second-order valence-electron chi connectivity index (χ2n) is 7.08. The van der Waals surface area contributed by atoms with Crippen molar-refractivity contribution in [3.05, 3.63) is 48.4 Å². The molecule has 4 rings (SSSR count). The summed E-state index contributed by atoms with van der Waals surface area (Å²) in [5.74, 6) is 0.981. The van der Waals surface area contributed by atoms with Gasteiger partial charge in [0.15, 0.2) is 0 Å². The van der Waals surface area contributed by atoms with Gasteiger partial charge in [0.1, 0.15) is 12.1 Å². The molecule has 0 amide bonds. The largest absolute Gasteiger partial charge is 0.385 e. The molecule has 0 saturated carbocycles. The molecule has 26 heavy (non-hydrogen) atoms. The molecule has 1 saturated heterocycles. The number of nitrogens with zero attached hydrogens (tertiary/aromatic N) is 3. The highest BCUT2D eigenvalue weighted by Crippen LogP contribution is 2.30.